The monoisotopic (exact) mass is 288 g/mol. The van der Waals surface area contributed by atoms with Crippen molar-refractivity contribution in [1.29, 1.82) is 0 Å². The second-order valence-corrected chi connectivity index (χ2v) is 5.48. The highest BCUT2D eigenvalue weighted by Crippen LogP contribution is 2.27. The highest BCUT2D eigenvalue weighted by atomic mass is 19.1. The predicted octanol–water partition coefficient (Wildman–Crippen LogP) is 3.29. The summed E-state index contributed by atoms with van der Waals surface area (Å²) < 4.78 is 15.2. The van der Waals surface area contributed by atoms with Crippen LogP contribution in [0.4, 0.5) is 4.39 Å². The topological polar surface area (TPSA) is 55.1 Å². The number of aromatic carboxylic acids is 1. The molecule has 5 heteroatoms. The molecule has 0 radical (unpaired) electrons. The summed E-state index contributed by atoms with van der Waals surface area (Å²) in [4.78, 5) is 11.4. The van der Waals surface area contributed by atoms with Crippen molar-refractivity contribution in [2.24, 2.45) is 0 Å². The van der Waals surface area contributed by atoms with E-state index in [2.05, 4.69) is 5.10 Å². The van der Waals surface area contributed by atoms with E-state index < -0.39 is 5.97 Å². The fourth-order valence-corrected chi connectivity index (χ4v) is 2.96. The van der Waals surface area contributed by atoms with Crippen LogP contribution in [0.1, 0.15) is 46.6 Å². The van der Waals surface area contributed by atoms with Crippen LogP contribution in [0.15, 0.2) is 18.2 Å². The van der Waals surface area contributed by atoms with Gasteiger partial charge in [-0.25, -0.2) is 13.9 Å². The number of benzene rings is 1. The zero-order chi connectivity index (χ0) is 15.0. The summed E-state index contributed by atoms with van der Waals surface area (Å²) in [6, 6.07) is 4.51. The quantitative estimate of drug-likeness (QED) is 0.863. The zero-order valence-electron chi connectivity index (χ0n) is 11.9. The van der Waals surface area contributed by atoms with Crippen LogP contribution in [-0.4, -0.2) is 20.9 Å². The first-order valence-electron chi connectivity index (χ1n) is 7.18. The number of nitrogens with zero attached hydrogens (tertiary/aromatic N) is 2. The standard InChI is InChI=1S/C16H17FN2O2/c1-10-7-8-11(17)9-14(10)19-13-6-4-2-3-5-12(13)15(18-19)16(20)21/h7-9H,2-6H2,1H3,(H,20,21). The summed E-state index contributed by atoms with van der Waals surface area (Å²) in [6.07, 6.45) is 4.57. The SMILES string of the molecule is Cc1ccc(F)cc1-n1nc(C(=O)O)c2c1CCCCC2. The maximum Gasteiger partial charge on any atom is 0.356 e. The Balaban J connectivity index is 2.23. The fraction of sp³-hybridized carbons (Fsp3) is 0.375. The molecule has 21 heavy (non-hydrogen) atoms. The van der Waals surface area contributed by atoms with Gasteiger partial charge in [0.25, 0.3) is 0 Å². The smallest absolute Gasteiger partial charge is 0.356 e. The molecule has 1 aliphatic rings. The predicted molar refractivity (Wildman–Crippen MR) is 76.5 cm³/mol. The maximum atomic E-state index is 13.6. The van der Waals surface area contributed by atoms with Crippen LogP contribution in [0.3, 0.4) is 0 Å². The summed E-state index contributed by atoms with van der Waals surface area (Å²) in [5.41, 5.74) is 3.33. The summed E-state index contributed by atoms with van der Waals surface area (Å²) in [5, 5.41) is 13.6. The second-order valence-electron chi connectivity index (χ2n) is 5.48. The largest absolute Gasteiger partial charge is 0.476 e. The Kier molecular flexibility index (Phi) is 3.49. The molecular formula is C16H17FN2O2. The van der Waals surface area contributed by atoms with Crippen LogP contribution in [0, 0.1) is 12.7 Å². The number of carbonyl (C=O) groups is 1. The minimum Gasteiger partial charge on any atom is -0.476 e. The first kappa shape index (κ1) is 13.8. The molecule has 1 aliphatic carbocycles. The van der Waals surface area contributed by atoms with E-state index in [-0.39, 0.29) is 11.5 Å². The molecule has 3 rings (SSSR count). The summed E-state index contributed by atoms with van der Waals surface area (Å²) >= 11 is 0. The molecule has 1 N–H and O–H groups in total. The van der Waals surface area contributed by atoms with E-state index in [1.807, 2.05) is 6.92 Å². The van der Waals surface area contributed by atoms with E-state index in [0.29, 0.717) is 5.69 Å². The van der Waals surface area contributed by atoms with Crippen LogP contribution in [-0.2, 0) is 12.8 Å². The van der Waals surface area contributed by atoms with E-state index in [4.69, 9.17) is 0 Å². The van der Waals surface area contributed by atoms with Crippen LogP contribution in [0.2, 0.25) is 0 Å². The van der Waals surface area contributed by atoms with Crippen LogP contribution >= 0.6 is 0 Å². The lowest BCUT2D eigenvalue weighted by molar-refractivity contribution is 0.0688. The Morgan fingerprint density at radius 2 is 2.05 bits per heavy atom. The molecule has 1 aromatic carbocycles. The van der Waals surface area contributed by atoms with Gasteiger partial charge in [0.1, 0.15) is 5.82 Å². The Hall–Kier alpha value is -2.17. The summed E-state index contributed by atoms with van der Waals surface area (Å²) in [6.45, 7) is 1.87. The van der Waals surface area contributed by atoms with Crippen molar-refractivity contribution >= 4 is 5.97 Å². The van der Waals surface area contributed by atoms with Crippen molar-refractivity contribution < 1.29 is 14.3 Å². The Morgan fingerprint density at radius 1 is 1.29 bits per heavy atom. The van der Waals surface area contributed by atoms with Crippen molar-refractivity contribution in [2.75, 3.05) is 0 Å². The van der Waals surface area contributed by atoms with Crippen molar-refractivity contribution in [2.45, 2.75) is 39.0 Å². The van der Waals surface area contributed by atoms with Crippen molar-refractivity contribution in [3.63, 3.8) is 0 Å². The lowest BCUT2D eigenvalue weighted by Crippen LogP contribution is -2.06. The molecule has 0 bridgehead atoms. The third kappa shape index (κ3) is 2.44. The fourth-order valence-electron chi connectivity index (χ4n) is 2.96. The van der Waals surface area contributed by atoms with Gasteiger partial charge in [-0.2, -0.15) is 5.10 Å². The minimum absolute atomic E-state index is 0.107. The molecule has 0 atom stereocenters. The van der Waals surface area contributed by atoms with Gasteiger partial charge in [0, 0.05) is 11.3 Å². The molecule has 0 aliphatic heterocycles. The van der Waals surface area contributed by atoms with Crippen LogP contribution in [0.25, 0.3) is 5.69 Å². The maximum absolute atomic E-state index is 13.6. The van der Waals surface area contributed by atoms with E-state index in [9.17, 15) is 14.3 Å². The van der Waals surface area contributed by atoms with Crippen molar-refractivity contribution in [1.82, 2.24) is 9.78 Å². The number of aryl methyl sites for hydroxylation is 1. The average molecular weight is 288 g/mol. The number of hydrogen-bond donors (Lipinski definition) is 1. The van der Waals surface area contributed by atoms with E-state index >= 15 is 0 Å². The van der Waals surface area contributed by atoms with E-state index in [0.717, 1.165) is 48.9 Å². The number of rotatable bonds is 2. The highest BCUT2D eigenvalue weighted by Gasteiger charge is 2.24. The molecule has 0 unspecified atom stereocenters. The molecule has 2 aromatic rings. The molecule has 0 amide bonds. The molecular weight excluding hydrogens is 271 g/mol. The molecule has 0 saturated heterocycles. The second kappa shape index (κ2) is 5.31. The van der Waals surface area contributed by atoms with Gasteiger partial charge >= 0.3 is 5.97 Å². The number of carboxylic acids is 1. The number of halogens is 1. The number of carboxylic acid groups (broad SMARTS) is 1. The summed E-state index contributed by atoms with van der Waals surface area (Å²) in [5.74, 6) is -1.36. The van der Waals surface area contributed by atoms with Crippen molar-refractivity contribution in [3.05, 3.63) is 46.5 Å². The molecule has 0 saturated carbocycles. The van der Waals surface area contributed by atoms with Gasteiger partial charge in [-0.1, -0.05) is 12.5 Å². The Labute approximate surface area is 122 Å². The highest BCUT2D eigenvalue weighted by molar-refractivity contribution is 5.87. The lowest BCUT2D eigenvalue weighted by atomic mass is 10.1. The van der Waals surface area contributed by atoms with Gasteiger partial charge in [-0.3, -0.25) is 0 Å². The third-order valence-electron chi connectivity index (χ3n) is 4.03. The summed E-state index contributed by atoms with van der Waals surface area (Å²) in [7, 11) is 0. The molecule has 4 nitrogen and oxygen atoms in total. The van der Waals surface area contributed by atoms with Crippen molar-refractivity contribution in [3.8, 4) is 5.69 Å². The molecule has 1 aromatic heterocycles. The third-order valence-corrected chi connectivity index (χ3v) is 4.03. The molecule has 0 fully saturated rings. The lowest BCUT2D eigenvalue weighted by Gasteiger charge is -2.10. The van der Waals surface area contributed by atoms with Gasteiger partial charge in [-0.15, -0.1) is 0 Å². The Morgan fingerprint density at radius 3 is 2.81 bits per heavy atom. The normalized spacial score (nSPS) is 14.6. The van der Waals surface area contributed by atoms with E-state index in [1.54, 1.807) is 10.7 Å². The zero-order valence-corrected chi connectivity index (χ0v) is 11.9. The average Bonchev–Trinajstić information content (AvgIpc) is 2.64. The first-order chi connectivity index (χ1) is 10.1. The van der Waals surface area contributed by atoms with E-state index in [1.165, 1.54) is 12.1 Å². The molecule has 1 heterocycles. The van der Waals surface area contributed by atoms with Gasteiger partial charge in [0.2, 0.25) is 0 Å². The Bertz CT molecular complexity index is 707. The number of fused-ring (bicyclic) bond motifs is 1. The van der Waals surface area contributed by atoms with Crippen LogP contribution in [0.5, 0.6) is 0 Å². The minimum atomic E-state index is -1.01. The first-order valence-corrected chi connectivity index (χ1v) is 7.18. The number of hydrogen-bond acceptors (Lipinski definition) is 2. The van der Waals surface area contributed by atoms with Gasteiger partial charge < -0.3 is 5.11 Å². The van der Waals surface area contributed by atoms with Crippen LogP contribution < -0.4 is 0 Å². The molecule has 110 valence electrons. The number of aromatic nitrogens is 2. The van der Waals surface area contributed by atoms with Gasteiger partial charge in [0.15, 0.2) is 5.69 Å². The molecule has 0 spiro atoms. The van der Waals surface area contributed by atoms with Gasteiger partial charge in [0.05, 0.1) is 5.69 Å². The van der Waals surface area contributed by atoms with Gasteiger partial charge in [-0.05, 0) is 50.3 Å².